The molecule has 1 heterocycles. The Balaban J connectivity index is 2.74. The summed E-state index contributed by atoms with van der Waals surface area (Å²) in [5, 5.41) is -0.136. The van der Waals surface area contributed by atoms with Gasteiger partial charge in [-0.25, -0.2) is 9.36 Å². The van der Waals surface area contributed by atoms with E-state index in [2.05, 4.69) is 4.98 Å². The van der Waals surface area contributed by atoms with Gasteiger partial charge in [0.15, 0.2) is 0 Å². The molecule has 0 bridgehead atoms. The van der Waals surface area contributed by atoms with E-state index in [0.29, 0.717) is 4.57 Å². The molecular formula is C12H8ClF3N2O2. The summed E-state index contributed by atoms with van der Waals surface area (Å²) < 4.78 is 38.5. The molecule has 0 amide bonds. The average molecular weight is 305 g/mol. The molecule has 20 heavy (non-hydrogen) atoms. The third-order valence-corrected chi connectivity index (χ3v) is 3.08. The molecule has 0 spiro atoms. The maximum atomic E-state index is 12.6. The van der Waals surface area contributed by atoms with Gasteiger partial charge >= 0.3 is 11.9 Å². The lowest BCUT2D eigenvalue weighted by Gasteiger charge is -2.10. The monoisotopic (exact) mass is 304 g/mol. The van der Waals surface area contributed by atoms with E-state index in [0.717, 1.165) is 18.2 Å². The van der Waals surface area contributed by atoms with Gasteiger partial charge in [0, 0.05) is 0 Å². The highest BCUT2D eigenvalue weighted by Gasteiger charge is 2.30. The van der Waals surface area contributed by atoms with Gasteiger partial charge in [0.2, 0.25) is 0 Å². The molecule has 0 aliphatic rings. The normalized spacial score (nSPS) is 11.7. The first kappa shape index (κ1) is 14.4. The van der Waals surface area contributed by atoms with Crippen LogP contribution in [0.25, 0.3) is 5.69 Å². The van der Waals surface area contributed by atoms with Crippen LogP contribution >= 0.6 is 11.6 Å². The van der Waals surface area contributed by atoms with Crippen LogP contribution in [0.4, 0.5) is 13.2 Å². The van der Waals surface area contributed by atoms with Gasteiger partial charge in [-0.05, 0) is 25.1 Å². The number of rotatable bonds is 1. The number of aromatic amines is 1. The SMILES string of the molecule is Cc1c(Cl)[nH]c(=O)n(-c2cccc(C(F)(F)F)c2)c1=O. The number of nitrogens with zero attached hydrogens (tertiary/aromatic N) is 1. The van der Waals surface area contributed by atoms with Gasteiger partial charge in [0.25, 0.3) is 5.56 Å². The van der Waals surface area contributed by atoms with Crippen molar-refractivity contribution >= 4 is 11.6 Å². The molecule has 1 aromatic carbocycles. The largest absolute Gasteiger partial charge is 0.416 e. The minimum absolute atomic E-state index is 0.0451. The number of alkyl halides is 3. The van der Waals surface area contributed by atoms with Gasteiger partial charge < -0.3 is 0 Å². The van der Waals surface area contributed by atoms with Crippen LogP contribution in [0.2, 0.25) is 5.15 Å². The fourth-order valence-electron chi connectivity index (χ4n) is 1.65. The Hall–Kier alpha value is -2.02. The first-order chi connectivity index (χ1) is 9.21. The molecule has 106 valence electrons. The lowest BCUT2D eigenvalue weighted by Crippen LogP contribution is -2.35. The second kappa shape index (κ2) is 4.82. The molecule has 0 unspecified atom stereocenters. The molecule has 1 aromatic heterocycles. The lowest BCUT2D eigenvalue weighted by molar-refractivity contribution is -0.137. The predicted octanol–water partition coefficient (Wildman–Crippen LogP) is 2.51. The molecular weight excluding hydrogens is 297 g/mol. The van der Waals surface area contributed by atoms with E-state index in [4.69, 9.17) is 11.6 Å². The van der Waals surface area contributed by atoms with E-state index >= 15 is 0 Å². The van der Waals surface area contributed by atoms with E-state index in [9.17, 15) is 22.8 Å². The van der Waals surface area contributed by atoms with Crippen LogP contribution < -0.4 is 11.2 Å². The Kier molecular flexibility index (Phi) is 3.47. The molecule has 0 saturated heterocycles. The number of H-pyrrole nitrogens is 1. The topological polar surface area (TPSA) is 54.9 Å². The van der Waals surface area contributed by atoms with Crippen LogP contribution in [0.3, 0.4) is 0 Å². The highest BCUT2D eigenvalue weighted by molar-refractivity contribution is 6.30. The van der Waals surface area contributed by atoms with Crippen LogP contribution in [0.5, 0.6) is 0 Å². The minimum atomic E-state index is -4.56. The van der Waals surface area contributed by atoms with Gasteiger partial charge in [-0.2, -0.15) is 13.2 Å². The lowest BCUT2D eigenvalue weighted by atomic mass is 10.2. The number of halogens is 4. The van der Waals surface area contributed by atoms with E-state index in [1.165, 1.54) is 13.0 Å². The van der Waals surface area contributed by atoms with Crippen LogP contribution in [0.1, 0.15) is 11.1 Å². The van der Waals surface area contributed by atoms with Crippen molar-refractivity contribution in [2.75, 3.05) is 0 Å². The quantitative estimate of drug-likeness (QED) is 0.823. The first-order valence-electron chi connectivity index (χ1n) is 5.41. The standard InChI is InChI=1S/C12H8ClF3N2O2/c1-6-9(13)17-11(20)18(10(6)19)8-4-2-3-7(5-8)12(14,15)16/h2-5H,1H3,(H,17,20). The van der Waals surface area contributed by atoms with Gasteiger partial charge in [-0.15, -0.1) is 0 Å². The number of hydrogen-bond acceptors (Lipinski definition) is 2. The highest BCUT2D eigenvalue weighted by atomic mass is 35.5. The van der Waals surface area contributed by atoms with Crippen molar-refractivity contribution in [1.82, 2.24) is 9.55 Å². The Labute approximate surface area is 115 Å². The zero-order chi connectivity index (χ0) is 15.1. The summed E-state index contributed by atoms with van der Waals surface area (Å²) in [6, 6.07) is 3.93. The second-order valence-electron chi connectivity index (χ2n) is 4.06. The Morgan fingerprint density at radius 2 is 1.90 bits per heavy atom. The Morgan fingerprint density at radius 3 is 2.50 bits per heavy atom. The fraction of sp³-hybridized carbons (Fsp3) is 0.167. The molecule has 0 radical (unpaired) electrons. The van der Waals surface area contributed by atoms with Gasteiger partial charge in [0.05, 0.1) is 16.8 Å². The van der Waals surface area contributed by atoms with Crippen molar-refractivity contribution in [1.29, 1.82) is 0 Å². The summed E-state index contributed by atoms with van der Waals surface area (Å²) in [5.74, 6) is 0. The van der Waals surface area contributed by atoms with Crippen LogP contribution in [-0.2, 0) is 6.18 Å². The molecule has 1 N–H and O–H groups in total. The van der Waals surface area contributed by atoms with Crippen LogP contribution in [0, 0.1) is 6.92 Å². The van der Waals surface area contributed by atoms with Crippen molar-refractivity contribution in [2.45, 2.75) is 13.1 Å². The zero-order valence-electron chi connectivity index (χ0n) is 10.1. The van der Waals surface area contributed by atoms with Crippen molar-refractivity contribution in [3.8, 4) is 5.69 Å². The summed E-state index contributed by atoms with van der Waals surface area (Å²) in [7, 11) is 0. The molecule has 0 fully saturated rings. The molecule has 0 atom stereocenters. The molecule has 8 heteroatoms. The van der Waals surface area contributed by atoms with E-state index in [1.807, 2.05) is 0 Å². The summed E-state index contributed by atoms with van der Waals surface area (Å²) in [6.07, 6.45) is -4.56. The molecule has 2 rings (SSSR count). The van der Waals surface area contributed by atoms with Crippen molar-refractivity contribution < 1.29 is 13.2 Å². The zero-order valence-corrected chi connectivity index (χ0v) is 10.8. The highest BCUT2D eigenvalue weighted by Crippen LogP contribution is 2.29. The van der Waals surface area contributed by atoms with Gasteiger partial charge in [-0.3, -0.25) is 9.78 Å². The summed E-state index contributed by atoms with van der Waals surface area (Å²) in [5.41, 5.74) is -2.74. The third-order valence-electron chi connectivity index (χ3n) is 2.70. The van der Waals surface area contributed by atoms with Gasteiger partial charge in [0.1, 0.15) is 5.15 Å². The summed E-state index contributed by atoms with van der Waals surface area (Å²) in [6.45, 7) is 1.37. The first-order valence-corrected chi connectivity index (χ1v) is 5.78. The minimum Gasteiger partial charge on any atom is -0.297 e. The molecule has 0 aliphatic carbocycles. The van der Waals surface area contributed by atoms with Crippen LogP contribution in [-0.4, -0.2) is 9.55 Å². The number of aromatic nitrogens is 2. The summed E-state index contributed by atoms with van der Waals surface area (Å²) in [4.78, 5) is 25.9. The van der Waals surface area contributed by atoms with Crippen molar-refractivity contribution in [3.05, 3.63) is 61.4 Å². The Bertz CT molecular complexity index is 777. The smallest absolute Gasteiger partial charge is 0.297 e. The molecule has 4 nitrogen and oxygen atoms in total. The Morgan fingerprint density at radius 1 is 1.25 bits per heavy atom. The third kappa shape index (κ3) is 2.49. The van der Waals surface area contributed by atoms with E-state index in [1.54, 1.807) is 0 Å². The van der Waals surface area contributed by atoms with Crippen molar-refractivity contribution in [3.63, 3.8) is 0 Å². The van der Waals surface area contributed by atoms with Gasteiger partial charge in [-0.1, -0.05) is 17.7 Å². The van der Waals surface area contributed by atoms with E-state index < -0.39 is 23.0 Å². The second-order valence-corrected chi connectivity index (χ2v) is 4.44. The van der Waals surface area contributed by atoms with E-state index in [-0.39, 0.29) is 16.4 Å². The molecule has 2 aromatic rings. The number of nitrogens with one attached hydrogen (secondary N) is 1. The predicted molar refractivity (Wildman–Crippen MR) is 67.4 cm³/mol. The van der Waals surface area contributed by atoms with Crippen LogP contribution in [0.15, 0.2) is 33.9 Å². The fourth-order valence-corrected chi connectivity index (χ4v) is 1.81. The van der Waals surface area contributed by atoms with Crippen molar-refractivity contribution in [2.24, 2.45) is 0 Å². The number of hydrogen-bond donors (Lipinski definition) is 1. The number of benzene rings is 1. The maximum absolute atomic E-state index is 12.6. The maximum Gasteiger partial charge on any atom is 0.416 e. The molecule has 0 aliphatic heterocycles. The average Bonchev–Trinajstić information content (AvgIpc) is 2.35. The molecule has 0 saturated carbocycles. The summed E-state index contributed by atoms with van der Waals surface area (Å²) >= 11 is 5.63.